The topological polar surface area (TPSA) is 42.5 Å². The molecule has 4 rings (SSSR count). The largest absolute Gasteiger partial charge is 0.477 e. The van der Waals surface area contributed by atoms with Crippen LogP contribution in [-0.4, -0.2) is 19.7 Å². The van der Waals surface area contributed by atoms with Gasteiger partial charge in [-0.2, -0.15) is 0 Å². The molecule has 0 radical (unpaired) electrons. The molecule has 2 aliphatic rings. The van der Waals surface area contributed by atoms with Gasteiger partial charge in [0.2, 0.25) is 0 Å². The van der Waals surface area contributed by atoms with Crippen molar-refractivity contribution in [1.29, 1.82) is 0 Å². The van der Waals surface area contributed by atoms with Gasteiger partial charge in [-0.1, -0.05) is 48.9 Å². The van der Waals surface area contributed by atoms with Gasteiger partial charge in [-0.05, 0) is 37.7 Å². The first kappa shape index (κ1) is 17.4. The van der Waals surface area contributed by atoms with Gasteiger partial charge in [0.1, 0.15) is 5.75 Å². The molecule has 26 heavy (non-hydrogen) atoms. The summed E-state index contributed by atoms with van der Waals surface area (Å²) in [5, 5.41) is 3.97. The van der Waals surface area contributed by atoms with E-state index in [-0.39, 0.29) is 0 Å². The molecule has 1 aliphatic heterocycles. The highest BCUT2D eigenvalue weighted by atomic mass is 35.5. The zero-order valence-electron chi connectivity index (χ0n) is 14.8. The number of ether oxygens (including phenoxy) is 1. The molecule has 1 atom stereocenters. The summed E-state index contributed by atoms with van der Waals surface area (Å²) in [7, 11) is 0. The van der Waals surface area contributed by atoms with E-state index in [0.717, 1.165) is 48.5 Å². The maximum absolute atomic E-state index is 6.40. The summed E-state index contributed by atoms with van der Waals surface area (Å²) in [6.07, 6.45) is 1.81. The van der Waals surface area contributed by atoms with Crippen LogP contribution >= 0.6 is 11.6 Å². The van der Waals surface area contributed by atoms with Gasteiger partial charge in [0.05, 0.1) is 12.3 Å². The molecule has 1 unspecified atom stereocenters. The molecule has 4 nitrogen and oxygen atoms in total. The third-order valence-electron chi connectivity index (χ3n) is 4.85. The first-order valence-corrected chi connectivity index (χ1v) is 9.49. The van der Waals surface area contributed by atoms with E-state index in [1.54, 1.807) is 0 Å². The van der Waals surface area contributed by atoms with Crippen LogP contribution in [0.1, 0.15) is 30.9 Å². The lowest BCUT2D eigenvalue weighted by molar-refractivity contribution is 0.0746. The van der Waals surface area contributed by atoms with Crippen molar-refractivity contribution in [3.8, 4) is 5.75 Å². The van der Waals surface area contributed by atoms with Crippen molar-refractivity contribution in [2.75, 3.05) is 19.7 Å². The van der Waals surface area contributed by atoms with Crippen molar-refractivity contribution in [2.24, 2.45) is 0 Å². The molecular formula is C21H23ClN2O2. The summed E-state index contributed by atoms with van der Waals surface area (Å²) >= 11 is 6.20. The molecule has 0 saturated heterocycles. The third-order valence-corrected chi connectivity index (χ3v) is 5.09. The standard InChI is InChI=1S/C21H23ClN2O2/c1-2-23-11-6-12-25-24-20-17-10-9-16(22)13-19(17)26-21(14-18(20)21)15-7-4-3-5-8-15/h3-5,7-10,13,23-24H,2,6,11-12,14H2,1H3. The minimum atomic E-state index is -0.394. The lowest BCUT2D eigenvalue weighted by Gasteiger charge is -2.26. The second kappa shape index (κ2) is 7.31. The molecule has 1 heterocycles. The summed E-state index contributed by atoms with van der Waals surface area (Å²) in [4.78, 5) is 5.75. The Bertz CT molecular complexity index is 822. The van der Waals surface area contributed by atoms with Crippen molar-refractivity contribution in [1.82, 2.24) is 10.8 Å². The van der Waals surface area contributed by atoms with Crippen LogP contribution in [0, 0.1) is 0 Å². The molecule has 2 aromatic carbocycles. The molecule has 0 bridgehead atoms. The molecule has 5 heteroatoms. The molecule has 136 valence electrons. The minimum absolute atomic E-state index is 0.394. The van der Waals surface area contributed by atoms with Crippen LogP contribution in [0.2, 0.25) is 5.02 Å². The van der Waals surface area contributed by atoms with Crippen molar-refractivity contribution >= 4 is 17.3 Å². The molecule has 0 aromatic heterocycles. The first-order chi connectivity index (χ1) is 12.7. The predicted octanol–water partition coefficient (Wildman–Crippen LogP) is 4.26. The van der Waals surface area contributed by atoms with Crippen LogP contribution in [0.4, 0.5) is 0 Å². The van der Waals surface area contributed by atoms with Crippen LogP contribution in [0.3, 0.4) is 0 Å². The van der Waals surface area contributed by atoms with E-state index < -0.39 is 5.60 Å². The van der Waals surface area contributed by atoms with Gasteiger partial charge in [0.15, 0.2) is 5.60 Å². The molecule has 0 spiro atoms. The van der Waals surface area contributed by atoms with E-state index in [9.17, 15) is 0 Å². The minimum Gasteiger partial charge on any atom is -0.477 e. The first-order valence-electron chi connectivity index (χ1n) is 9.11. The van der Waals surface area contributed by atoms with E-state index in [1.807, 2.05) is 36.4 Å². The Hall–Kier alpha value is -2.01. The van der Waals surface area contributed by atoms with Gasteiger partial charge in [-0.3, -0.25) is 10.3 Å². The fourth-order valence-electron chi connectivity index (χ4n) is 3.46. The van der Waals surface area contributed by atoms with E-state index in [4.69, 9.17) is 21.2 Å². The van der Waals surface area contributed by atoms with Gasteiger partial charge in [0.25, 0.3) is 0 Å². The fourth-order valence-corrected chi connectivity index (χ4v) is 3.62. The average Bonchev–Trinajstić information content (AvgIpc) is 3.40. The fraction of sp³-hybridized carbons (Fsp3) is 0.333. The van der Waals surface area contributed by atoms with Gasteiger partial charge >= 0.3 is 0 Å². The lowest BCUT2D eigenvalue weighted by atomic mass is 10.0. The number of hydrogen-bond acceptors (Lipinski definition) is 4. The van der Waals surface area contributed by atoms with Gasteiger partial charge in [-0.15, -0.1) is 0 Å². The summed E-state index contributed by atoms with van der Waals surface area (Å²) in [6.45, 7) is 4.68. The van der Waals surface area contributed by atoms with Crippen LogP contribution < -0.4 is 15.5 Å². The monoisotopic (exact) mass is 370 g/mol. The number of nitrogens with one attached hydrogen (secondary N) is 2. The smallest absolute Gasteiger partial charge is 0.162 e. The maximum Gasteiger partial charge on any atom is 0.162 e. The molecule has 2 N–H and O–H groups in total. The summed E-state index contributed by atoms with van der Waals surface area (Å²) in [6, 6.07) is 16.1. The van der Waals surface area contributed by atoms with E-state index in [2.05, 4.69) is 29.9 Å². The summed E-state index contributed by atoms with van der Waals surface area (Å²) in [5.41, 5.74) is 7.19. The van der Waals surface area contributed by atoms with Crippen LogP contribution in [-0.2, 0) is 10.4 Å². The van der Waals surface area contributed by atoms with Crippen LogP contribution in [0.5, 0.6) is 5.75 Å². The Morgan fingerprint density at radius 3 is 2.85 bits per heavy atom. The molecular weight excluding hydrogens is 348 g/mol. The molecule has 1 aliphatic carbocycles. The number of rotatable bonds is 8. The SMILES string of the molecule is CCNCCCONC1=C2CC2(c2ccccc2)Oc2cc(Cl)ccc21. The average molecular weight is 371 g/mol. The third kappa shape index (κ3) is 3.20. The highest BCUT2D eigenvalue weighted by Crippen LogP contribution is 2.61. The normalized spacial score (nSPS) is 20.2. The zero-order chi connectivity index (χ0) is 18.0. The number of fused-ring (bicyclic) bond motifs is 2. The van der Waals surface area contributed by atoms with Crippen molar-refractivity contribution in [3.05, 3.63) is 70.3 Å². The number of hydrogen-bond donors (Lipinski definition) is 2. The quantitative estimate of drug-likeness (QED) is 0.538. The Morgan fingerprint density at radius 1 is 1.19 bits per heavy atom. The van der Waals surface area contributed by atoms with E-state index in [0.29, 0.717) is 11.6 Å². The van der Waals surface area contributed by atoms with E-state index in [1.165, 1.54) is 5.57 Å². The van der Waals surface area contributed by atoms with Gasteiger partial charge < -0.3 is 10.1 Å². The molecule has 1 saturated carbocycles. The number of benzene rings is 2. The number of hydroxylamine groups is 1. The maximum atomic E-state index is 6.40. The van der Waals surface area contributed by atoms with Crippen molar-refractivity contribution in [3.63, 3.8) is 0 Å². The van der Waals surface area contributed by atoms with Crippen LogP contribution in [0.15, 0.2) is 54.1 Å². The Labute approximate surface area is 159 Å². The second-order valence-corrected chi connectivity index (χ2v) is 7.06. The summed E-state index contributed by atoms with van der Waals surface area (Å²) in [5.74, 6) is 0.793. The van der Waals surface area contributed by atoms with Crippen LogP contribution in [0.25, 0.3) is 5.70 Å². The molecule has 2 aromatic rings. The highest BCUT2D eigenvalue weighted by Gasteiger charge is 2.58. The zero-order valence-corrected chi connectivity index (χ0v) is 15.6. The van der Waals surface area contributed by atoms with E-state index >= 15 is 0 Å². The summed E-state index contributed by atoms with van der Waals surface area (Å²) < 4.78 is 6.40. The Morgan fingerprint density at radius 2 is 2.04 bits per heavy atom. The molecule has 1 fully saturated rings. The molecule has 0 amide bonds. The van der Waals surface area contributed by atoms with Gasteiger partial charge in [0, 0.05) is 28.1 Å². The predicted molar refractivity (Wildman–Crippen MR) is 104 cm³/mol. The lowest BCUT2D eigenvalue weighted by Crippen LogP contribution is -2.25. The second-order valence-electron chi connectivity index (χ2n) is 6.62. The van der Waals surface area contributed by atoms with Gasteiger partial charge in [-0.25, -0.2) is 0 Å². The number of halogens is 1. The Balaban J connectivity index is 1.58. The van der Waals surface area contributed by atoms with Crippen molar-refractivity contribution < 1.29 is 9.57 Å². The van der Waals surface area contributed by atoms with Crippen molar-refractivity contribution in [2.45, 2.75) is 25.4 Å². The Kier molecular flexibility index (Phi) is 4.90. The highest BCUT2D eigenvalue weighted by molar-refractivity contribution is 6.30.